The first-order chi connectivity index (χ1) is 13.4. The molecule has 2 aromatic carbocycles. The highest BCUT2D eigenvalue weighted by molar-refractivity contribution is 6.37. The molecule has 0 spiro atoms. The van der Waals surface area contributed by atoms with E-state index < -0.39 is 0 Å². The second-order valence-electron chi connectivity index (χ2n) is 6.94. The number of hydrazone groups is 1. The molecule has 0 aliphatic carbocycles. The molecular weight excluding hydrogens is 400 g/mol. The van der Waals surface area contributed by atoms with Gasteiger partial charge in [0.15, 0.2) is 0 Å². The van der Waals surface area contributed by atoms with Gasteiger partial charge in [-0.1, -0.05) is 47.5 Å². The minimum atomic E-state index is -0.187. The summed E-state index contributed by atoms with van der Waals surface area (Å²) in [6.45, 7) is 3.84. The van der Waals surface area contributed by atoms with Crippen molar-refractivity contribution < 1.29 is 9.18 Å². The molecule has 0 radical (unpaired) electrons. The number of amides is 1. The summed E-state index contributed by atoms with van der Waals surface area (Å²) in [7, 11) is 0. The molecule has 0 saturated carbocycles. The van der Waals surface area contributed by atoms with Crippen LogP contribution in [0.1, 0.15) is 30.9 Å². The first-order valence-corrected chi connectivity index (χ1v) is 9.95. The first kappa shape index (κ1) is 20.8. The van der Waals surface area contributed by atoms with E-state index in [2.05, 4.69) is 15.4 Å². The predicted molar refractivity (Wildman–Crippen MR) is 111 cm³/mol. The Balaban J connectivity index is 1.51. The number of hydrogen-bond acceptors (Lipinski definition) is 3. The third kappa shape index (κ3) is 5.31. The zero-order chi connectivity index (χ0) is 20.1. The van der Waals surface area contributed by atoms with Crippen LogP contribution in [-0.4, -0.2) is 29.6 Å². The Morgan fingerprint density at radius 2 is 1.93 bits per heavy atom. The summed E-state index contributed by atoms with van der Waals surface area (Å²) in [5.41, 5.74) is 4.68. The second-order valence-corrected chi connectivity index (χ2v) is 7.78. The Morgan fingerprint density at radius 3 is 2.61 bits per heavy atom. The molecule has 1 N–H and O–H groups in total. The molecule has 0 aromatic heterocycles. The molecule has 0 atom stereocenters. The van der Waals surface area contributed by atoms with Crippen LogP contribution in [-0.2, 0) is 11.3 Å². The van der Waals surface area contributed by atoms with Gasteiger partial charge in [0, 0.05) is 28.6 Å². The Bertz CT molecular complexity index is 880. The van der Waals surface area contributed by atoms with Gasteiger partial charge in [-0.15, -0.1) is 0 Å². The Morgan fingerprint density at radius 1 is 1.21 bits per heavy atom. The van der Waals surface area contributed by atoms with Crippen LogP contribution in [0.2, 0.25) is 10.0 Å². The van der Waals surface area contributed by atoms with E-state index >= 15 is 0 Å². The van der Waals surface area contributed by atoms with E-state index in [-0.39, 0.29) is 17.6 Å². The van der Waals surface area contributed by atoms with Crippen molar-refractivity contribution in [3.05, 3.63) is 69.5 Å². The number of rotatable bonds is 5. The van der Waals surface area contributed by atoms with Crippen molar-refractivity contribution in [3.63, 3.8) is 0 Å². The molecule has 1 saturated heterocycles. The van der Waals surface area contributed by atoms with Crippen molar-refractivity contribution in [2.45, 2.75) is 26.3 Å². The van der Waals surface area contributed by atoms with Gasteiger partial charge in [-0.2, -0.15) is 5.10 Å². The minimum Gasteiger partial charge on any atom is -0.299 e. The van der Waals surface area contributed by atoms with E-state index in [0.717, 1.165) is 31.5 Å². The van der Waals surface area contributed by atoms with Crippen LogP contribution in [0.3, 0.4) is 0 Å². The zero-order valence-corrected chi connectivity index (χ0v) is 17.1. The van der Waals surface area contributed by atoms with Crippen LogP contribution < -0.4 is 5.43 Å². The molecular formula is C21H22Cl2FN3O. The second kappa shape index (κ2) is 9.50. The molecule has 7 heteroatoms. The van der Waals surface area contributed by atoms with Gasteiger partial charge in [-0.05, 0) is 51.1 Å². The standard InChI is InChI=1S/C21H22Cl2FN3O/c1-14(18-7-6-17(22)12-19(18)23)25-26-21(28)15-8-10-27(11-9-15)13-16-4-2-3-5-20(16)24/h2-7,12,15H,8-11,13H2,1H3,(H,26,28). The van der Waals surface area contributed by atoms with Gasteiger partial charge in [0.05, 0.1) is 10.7 Å². The van der Waals surface area contributed by atoms with Crippen LogP contribution in [0.4, 0.5) is 4.39 Å². The average molecular weight is 422 g/mol. The van der Waals surface area contributed by atoms with Crippen molar-refractivity contribution in [3.8, 4) is 0 Å². The number of nitrogens with one attached hydrogen (secondary N) is 1. The summed E-state index contributed by atoms with van der Waals surface area (Å²) in [6.07, 6.45) is 1.44. The highest BCUT2D eigenvalue weighted by atomic mass is 35.5. The molecule has 28 heavy (non-hydrogen) atoms. The largest absolute Gasteiger partial charge is 0.299 e. The van der Waals surface area contributed by atoms with Gasteiger partial charge < -0.3 is 0 Å². The molecule has 0 unspecified atom stereocenters. The number of carbonyl (C=O) groups is 1. The van der Waals surface area contributed by atoms with Gasteiger partial charge in [-0.3, -0.25) is 9.69 Å². The third-order valence-corrected chi connectivity index (χ3v) is 5.51. The summed E-state index contributed by atoms with van der Waals surface area (Å²) < 4.78 is 13.8. The molecule has 4 nitrogen and oxygen atoms in total. The quantitative estimate of drug-likeness (QED) is 0.551. The maximum atomic E-state index is 13.8. The summed E-state index contributed by atoms with van der Waals surface area (Å²) >= 11 is 12.1. The van der Waals surface area contributed by atoms with Crippen LogP contribution in [0.25, 0.3) is 0 Å². The number of carbonyl (C=O) groups excluding carboxylic acids is 1. The first-order valence-electron chi connectivity index (χ1n) is 9.19. The molecule has 3 rings (SSSR count). The molecule has 1 amide bonds. The molecule has 2 aromatic rings. The fourth-order valence-corrected chi connectivity index (χ4v) is 3.84. The summed E-state index contributed by atoms with van der Waals surface area (Å²) in [6, 6.07) is 12.0. The topological polar surface area (TPSA) is 44.7 Å². The lowest BCUT2D eigenvalue weighted by Crippen LogP contribution is -2.39. The normalized spacial score (nSPS) is 16.2. The number of halogens is 3. The van der Waals surface area contributed by atoms with Crippen LogP contribution >= 0.6 is 23.2 Å². The number of nitrogens with zero attached hydrogens (tertiary/aromatic N) is 2. The van der Waals surface area contributed by atoms with E-state index in [1.54, 1.807) is 37.3 Å². The molecule has 1 heterocycles. The number of benzene rings is 2. The maximum absolute atomic E-state index is 13.8. The maximum Gasteiger partial charge on any atom is 0.243 e. The summed E-state index contributed by atoms with van der Waals surface area (Å²) in [5, 5.41) is 5.22. The lowest BCUT2D eigenvalue weighted by molar-refractivity contribution is -0.126. The highest BCUT2D eigenvalue weighted by Gasteiger charge is 2.25. The van der Waals surface area contributed by atoms with Crippen LogP contribution in [0.15, 0.2) is 47.6 Å². The van der Waals surface area contributed by atoms with E-state index in [1.807, 2.05) is 6.07 Å². The molecule has 148 valence electrons. The van der Waals surface area contributed by atoms with E-state index in [0.29, 0.717) is 27.9 Å². The number of likely N-dealkylation sites (tertiary alicyclic amines) is 1. The smallest absolute Gasteiger partial charge is 0.243 e. The highest BCUT2D eigenvalue weighted by Crippen LogP contribution is 2.22. The number of hydrogen-bond donors (Lipinski definition) is 1. The summed E-state index contributed by atoms with van der Waals surface area (Å²) in [4.78, 5) is 14.6. The molecule has 1 aliphatic rings. The Kier molecular flexibility index (Phi) is 7.05. The fraction of sp³-hybridized carbons (Fsp3) is 0.333. The number of piperidine rings is 1. The van der Waals surface area contributed by atoms with Gasteiger partial charge in [-0.25, -0.2) is 9.82 Å². The Hall–Kier alpha value is -1.95. The van der Waals surface area contributed by atoms with E-state index in [9.17, 15) is 9.18 Å². The van der Waals surface area contributed by atoms with Gasteiger partial charge in [0.25, 0.3) is 0 Å². The van der Waals surface area contributed by atoms with E-state index in [1.165, 1.54) is 6.07 Å². The summed E-state index contributed by atoms with van der Waals surface area (Å²) in [5.74, 6) is -0.392. The van der Waals surface area contributed by atoms with Crippen molar-refractivity contribution in [2.75, 3.05) is 13.1 Å². The van der Waals surface area contributed by atoms with Crippen molar-refractivity contribution >= 4 is 34.8 Å². The molecule has 0 bridgehead atoms. The van der Waals surface area contributed by atoms with Crippen LogP contribution in [0.5, 0.6) is 0 Å². The average Bonchev–Trinajstić information content (AvgIpc) is 2.68. The third-order valence-electron chi connectivity index (χ3n) is 4.96. The Labute approximate surface area is 174 Å². The zero-order valence-electron chi connectivity index (χ0n) is 15.6. The predicted octanol–water partition coefficient (Wildman–Crippen LogP) is 4.88. The van der Waals surface area contributed by atoms with Crippen LogP contribution in [0, 0.1) is 11.7 Å². The van der Waals surface area contributed by atoms with Gasteiger partial charge >= 0.3 is 0 Å². The lowest BCUT2D eigenvalue weighted by Gasteiger charge is -2.31. The monoisotopic (exact) mass is 421 g/mol. The van der Waals surface area contributed by atoms with E-state index in [4.69, 9.17) is 23.2 Å². The van der Waals surface area contributed by atoms with Crippen molar-refractivity contribution in [1.29, 1.82) is 0 Å². The fourth-order valence-electron chi connectivity index (χ4n) is 3.29. The van der Waals surface area contributed by atoms with Gasteiger partial charge in [0.2, 0.25) is 5.91 Å². The molecule has 1 fully saturated rings. The molecule has 1 aliphatic heterocycles. The minimum absolute atomic E-state index is 0.102. The van der Waals surface area contributed by atoms with Crippen molar-refractivity contribution in [2.24, 2.45) is 11.0 Å². The SMILES string of the molecule is CC(=NNC(=O)C1CCN(Cc2ccccc2F)CC1)c1ccc(Cl)cc1Cl. The van der Waals surface area contributed by atoms with Gasteiger partial charge in [0.1, 0.15) is 5.82 Å². The van der Waals surface area contributed by atoms with Crippen molar-refractivity contribution in [1.82, 2.24) is 10.3 Å². The lowest BCUT2D eigenvalue weighted by atomic mass is 9.96.